The van der Waals surface area contributed by atoms with E-state index >= 15 is 0 Å². The number of nitrogens with zero attached hydrogens (tertiary/aromatic N) is 1. The molecule has 0 aromatic heterocycles. The summed E-state index contributed by atoms with van der Waals surface area (Å²) in [6.45, 7) is 3.73. The van der Waals surface area contributed by atoms with Crippen LogP contribution in [0.5, 0.6) is 0 Å². The standard InChI is InChI=1S/C17H17ClN2O4/c1-17(2,12-6-4-5-11(9-12)16(21)24-3)19-14-8-7-13(18)10-15(14)20(22)23/h4-10,19H,1-3H3. The molecule has 0 spiro atoms. The lowest BCUT2D eigenvalue weighted by Crippen LogP contribution is -2.28. The molecule has 6 nitrogen and oxygen atoms in total. The van der Waals surface area contributed by atoms with E-state index in [-0.39, 0.29) is 10.7 Å². The van der Waals surface area contributed by atoms with Gasteiger partial charge < -0.3 is 10.1 Å². The quantitative estimate of drug-likeness (QED) is 0.492. The van der Waals surface area contributed by atoms with E-state index in [1.54, 1.807) is 30.3 Å². The van der Waals surface area contributed by atoms with Crippen LogP contribution in [-0.2, 0) is 10.3 Å². The van der Waals surface area contributed by atoms with Crippen LogP contribution in [0.25, 0.3) is 0 Å². The molecule has 0 saturated heterocycles. The van der Waals surface area contributed by atoms with Crippen molar-refractivity contribution in [3.8, 4) is 0 Å². The van der Waals surface area contributed by atoms with E-state index in [1.165, 1.54) is 13.2 Å². The third-order valence-electron chi connectivity index (χ3n) is 3.61. The first-order chi connectivity index (χ1) is 11.2. The largest absolute Gasteiger partial charge is 0.465 e. The van der Waals surface area contributed by atoms with Crippen LogP contribution in [0.15, 0.2) is 42.5 Å². The SMILES string of the molecule is COC(=O)c1cccc(C(C)(C)Nc2ccc(Cl)cc2[N+](=O)[O-])c1. The molecule has 0 unspecified atom stereocenters. The Morgan fingerprint density at radius 1 is 1.25 bits per heavy atom. The normalized spacial score (nSPS) is 11.0. The number of carbonyl (C=O) groups excluding carboxylic acids is 1. The molecule has 2 aromatic rings. The van der Waals surface area contributed by atoms with Gasteiger partial charge in [0.25, 0.3) is 5.69 Å². The number of nitro groups is 1. The number of hydrogen-bond acceptors (Lipinski definition) is 5. The van der Waals surface area contributed by atoms with Gasteiger partial charge in [-0.25, -0.2) is 4.79 Å². The van der Waals surface area contributed by atoms with Crippen molar-refractivity contribution >= 4 is 28.9 Å². The second-order valence-electron chi connectivity index (χ2n) is 5.74. The smallest absolute Gasteiger partial charge is 0.337 e. The molecule has 0 aliphatic heterocycles. The first-order valence-electron chi connectivity index (χ1n) is 7.15. The van der Waals surface area contributed by atoms with Gasteiger partial charge in [0.1, 0.15) is 5.69 Å². The van der Waals surface area contributed by atoms with Gasteiger partial charge in [-0.15, -0.1) is 0 Å². The summed E-state index contributed by atoms with van der Waals surface area (Å²) < 4.78 is 4.72. The summed E-state index contributed by atoms with van der Waals surface area (Å²) in [6, 6.07) is 11.4. The first-order valence-corrected chi connectivity index (χ1v) is 7.53. The van der Waals surface area contributed by atoms with Crippen LogP contribution in [0.4, 0.5) is 11.4 Å². The first kappa shape index (κ1) is 17.7. The summed E-state index contributed by atoms with van der Waals surface area (Å²) in [5.74, 6) is -0.440. The molecule has 2 rings (SSSR count). The Bertz CT molecular complexity index is 790. The number of halogens is 1. The van der Waals surface area contributed by atoms with E-state index in [2.05, 4.69) is 5.32 Å². The van der Waals surface area contributed by atoms with Crippen molar-refractivity contribution in [2.45, 2.75) is 19.4 Å². The average Bonchev–Trinajstić information content (AvgIpc) is 2.55. The molecular weight excluding hydrogens is 332 g/mol. The Balaban J connectivity index is 2.39. The van der Waals surface area contributed by atoms with Crippen molar-refractivity contribution in [1.82, 2.24) is 0 Å². The van der Waals surface area contributed by atoms with E-state index in [0.29, 0.717) is 11.3 Å². The summed E-state index contributed by atoms with van der Waals surface area (Å²) in [5, 5.41) is 14.7. The number of anilines is 1. The van der Waals surface area contributed by atoms with Crippen LogP contribution in [0.2, 0.25) is 5.02 Å². The number of esters is 1. The lowest BCUT2D eigenvalue weighted by atomic mass is 9.92. The van der Waals surface area contributed by atoms with Crippen molar-refractivity contribution in [2.24, 2.45) is 0 Å². The Morgan fingerprint density at radius 3 is 2.58 bits per heavy atom. The topological polar surface area (TPSA) is 81.5 Å². The Hall–Kier alpha value is -2.60. The van der Waals surface area contributed by atoms with Crippen LogP contribution < -0.4 is 5.32 Å². The van der Waals surface area contributed by atoms with Gasteiger partial charge in [-0.1, -0.05) is 23.7 Å². The van der Waals surface area contributed by atoms with Crippen molar-refractivity contribution in [3.05, 3.63) is 68.7 Å². The van der Waals surface area contributed by atoms with Crippen molar-refractivity contribution < 1.29 is 14.5 Å². The van der Waals surface area contributed by atoms with E-state index in [4.69, 9.17) is 16.3 Å². The van der Waals surface area contributed by atoms with E-state index in [0.717, 1.165) is 5.56 Å². The third-order valence-corrected chi connectivity index (χ3v) is 3.84. The molecule has 126 valence electrons. The zero-order valence-electron chi connectivity index (χ0n) is 13.5. The molecular formula is C17H17ClN2O4. The van der Waals surface area contributed by atoms with Crippen molar-refractivity contribution in [2.75, 3.05) is 12.4 Å². The average molecular weight is 349 g/mol. The number of hydrogen-bond donors (Lipinski definition) is 1. The minimum Gasteiger partial charge on any atom is -0.465 e. The number of nitrogens with one attached hydrogen (secondary N) is 1. The molecule has 0 amide bonds. The van der Waals surface area contributed by atoms with Gasteiger partial charge in [0.15, 0.2) is 0 Å². The van der Waals surface area contributed by atoms with Crippen LogP contribution in [-0.4, -0.2) is 18.0 Å². The summed E-state index contributed by atoms with van der Waals surface area (Å²) in [4.78, 5) is 22.4. The molecule has 2 aromatic carbocycles. The molecule has 0 aliphatic rings. The molecule has 24 heavy (non-hydrogen) atoms. The molecule has 0 aliphatic carbocycles. The van der Waals surface area contributed by atoms with Gasteiger partial charge in [0.05, 0.1) is 23.1 Å². The maximum atomic E-state index is 11.7. The van der Waals surface area contributed by atoms with Gasteiger partial charge in [-0.05, 0) is 43.7 Å². The summed E-state index contributed by atoms with van der Waals surface area (Å²) >= 11 is 5.84. The van der Waals surface area contributed by atoms with Gasteiger partial charge in [-0.2, -0.15) is 0 Å². The second kappa shape index (κ2) is 6.88. The minimum absolute atomic E-state index is 0.111. The van der Waals surface area contributed by atoms with Gasteiger partial charge in [0, 0.05) is 11.1 Å². The third kappa shape index (κ3) is 3.83. The maximum absolute atomic E-state index is 11.7. The number of ether oxygens (including phenoxy) is 1. The van der Waals surface area contributed by atoms with Gasteiger partial charge in [-0.3, -0.25) is 10.1 Å². The molecule has 0 saturated carbocycles. The summed E-state index contributed by atoms with van der Waals surface area (Å²) in [7, 11) is 1.31. The highest BCUT2D eigenvalue weighted by Gasteiger charge is 2.25. The predicted octanol–water partition coefficient (Wildman–Crippen LogP) is 4.38. The second-order valence-corrected chi connectivity index (χ2v) is 6.18. The highest BCUT2D eigenvalue weighted by Crippen LogP contribution is 2.33. The van der Waals surface area contributed by atoms with Crippen molar-refractivity contribution in [1.29, 1.82) is 0 Å². The zero-order chi connectivity index (χ0) is 17.9. The number of methoxy groups -OCH3 is 1. The van der Waals surface area contributed by atoms with Gasteiger partial charge >= 0.3 is 5.97 Å². The maximum Gasteiger partial charge on any atom is 0.337 e. The monoisotopic (exact) mass is 348 g/mol. The Kier molecular flexibility index (Phi) is 5.09. The molecule has 0 fully saturated rings. The molecule has 0 heterocycles. The number of nitro benzene ring substituents is 1. The highest BCUT2D eigenvalue weighted by molar-refractivity contribution is 6.30. The Morgan fingerprint density at radius 2 is 1.96 bits per heavy atom. The fraction of sp³-hybridized carbons (Fsp3) is 0.235. The van der Waals surface area contributed by atoms with Crippen LogP contribution in [0.3, 0.4) is 0 Å². The highest BCUT2D eigenvalue weighted by atomic mass is 35.5. The Labute approximate surface area is 144 Å². The van der Waals surface area contributed by atoms with E-state index < -0.39 is 16.4 Å². The summed E-state index contributed by atoms with van der Waals surface area (Å²) in [6.07, 6.45) is 0. The van der Waals surface area contributed by atoms with Gasteiger partial charge in [0.2, 0.25) is 0 Å². The lowest BCUT2D eigenvalue weighted by Gasteiger charge is -2.28. The molecule has 7 heteroatoms. The summed E-state index contributed by atoms with van der Waals surface area (Å²) in [5.41, 5.74) is 0.769. The minimum atomic E-state index is -0.664. The molecule has 0 radical (unpaired) electrons. The van der Waals surface area contributed by atoms with Crippen molar-refractivity contribution in [3.63, 3.8) is 0 Å². The van der Waals surface area contributed by atoms with Crippen LogP contribution >= 0.6 is 11.6 Å². The fourth-order valence-corrected chi connectivity index (χ4v) is 2.49. The van der Waals surface area contributed by atoms with E-state index in [1.807, 2.05) is 19.9 Å². The fourth-order valence-electron chi connectivity index (χ4n) is 2.32. The predicted molar refractivity (Wildman–Crippen MR) is 92.5 cm³/mol. The molecule has 0 bridgehead atoms. The number of carbonyl (C=O) groups is 1. The zero-order valence-corrected chi connectivity index (χ0v) is 14.3. The molecule has 0 atom stereocenters. The lowest BCUT2D eigenvalue weighted by molar-refractivity contribution is -0.384. The van der Waals surface area contributed by atoms with Crippen LogP contribution in [0.1, 0.15) is 29.8 Å². The molecule has 1 N–H and O–H groups in total. The number of rotatable bonds is 5. The number of benzene rings is 2. The van der Waals surface area contributed by atoms with Crippen LogP contribution in [0, 0.1) is 10.1 Å². The van der Waals surface area contributed by atoms with E-state index in [9.17, 15) is 14.9 Å².